The molecular formula is C17H17ClO3. The summed E-state index contributed by atoms with van der Waals surface area (Å²) in [5.41, 5.74) is 0.629. The molecule has 21 heavy (non-hydrogen) atoms. The van der Waals surface area contributed by atoms with Crippen molar-refractivity contribution in [3.05, 3.63) is 63.2 Å². The SMILES string of the molecule is Cc1cc(Cl)ccc1Oc1coc(/C=C/C(C)C)cc1=O. The number of benzene rings is 1. The largest absolute Gasteiger partial charge is 0.461 e. The number of allylic oxidation sites excluding steroid dienone is 1. The molecule has 2 aromatic rings. The van der Waals surface area contributed by atoms with Crippen LogP contribution in [0.1, 0.15) is 25.2 Å². The average molecular weight is 305 g/mol. The van der Waals surface area contributed by atoms with Crippen LogP contribution in [0.15, 0.2) is 45.8 Å². The first-order valence-corrected chi connectivity index (χ1v) is 7.08. The van der Waals surface area contributed by atoms with Gasteiger partial charge >= 0.3 is 0 Å². The van der Waals surface area contributed by atoms with Crippen molar-refractivity contribution in [2.75, 3.05) is 0 Å². The summed E-state index contributed by atoms with van der Waals surface area (Å²) < 4.78 is 11.0. The monoisotopic (exact) mass is 304 g/mol. The summed E-state index contributed by atoms with van der Waals surface area (Å²) in [5, 5.41) is 0.626. The van der Waals surface area contributed by atoms with Crippen molar-refractivity contribution in [1.29, 1.82) is 0 Å². The van der Waals surface area contributed by atoms with Gasteiger partial charge in [-0.1, -0.05) is 31.5 Å². The zero-order chi connectivity index (χ0) is 15.4. The van der Waals surface area contributed by atoms with E-state index in [2.05, 4.69) is 13.8 Å². The summed E-state index contributed by atoms with van der Waals surface area (Å²) in [6.45, 7) is 5.97. The second-order valence-electron chi connectivity index (χ2n) is 5.13. The molecule has 0 saturated heterocycles. The number of hydrogen-bond acceptors (Lipinski definition) is 3. The smallest absolute Gasteiger partial charge is 0.227 e. The van der Waals surface area contributed by atoms with E-state index in [-0.39, 0.29) is 11.2 Å². The summed E-state index contributed by atoms with van der Waals surface area (Å²) in [7, 11) is 0. The van der Waals surface area contributed by atoms with Crippen LogP contribution in [-0.4, -0.2) is 0 Å². The van der Waals surface area contributed by atoms with Gasteiger partial charge < -0.3 is 9.15 Å². The van der Waals surface area contributed by atoms with Crippen molar-refractivity contribution in [1.82, 2.24) is 0 Å². The first kappa shape index (κ1) is 15.4. The minimum atomic E-state index is -0.223. The molecule has 2 rings (SSSR count). The molecular weight excluding hydrogens is 288 g/mol. The van der Waals surface area contributed by atoms with E-state index >= 15 is 0 Å². The lowest BCUT2D eigenvalue weighted by molar-refractivity contribution is 0.433. The molecule has 0 aliphatic carbocycles. The fourth-order valence-corrected chi connectivity index (χ4v) is 1.94. The average Bonchev–Trinajstić information content (AvgIpc) is 2.42. The van der Waals surface area contributed by atoms with Crippen LogP contribution in [0.5, 0.6) is 11.5 Å². The van der Waals surface area contributed by atoms with Crippen molar-refractivity contribution >= 4 is 17.7 Å². The Morgan fingerprint density at radius 1 is 1.24 bits per heavy atom. The summed E-state index contributed by atoms with van der Waals surface area (Å²) in [5.74, 6) is 1.64. The lowest BCUT2D eigenvalue weighted by Crippen LogP contribution is -2.04. The van der Waals surface area contributed by atoms with Crippen molar-refractivity contribution in [2.24, 2.45) is 5.92 Å². The maximum atomic E-state index is 12.0. The fourth-order valence-electron chi connectivity index (χ4n) is 1.71. The van der Waals surface area contributed by atoms with Crippen LogP contribution in [-0.2, 0) is 0 Å². The van der Waals surface area contributed by atoms with Crippen molar-refractivity contribution in [2.45, 2.75) is 20.8 Å². The van der Waals surface area contributed by atoms with E-state index in [0.717, 1.165) is 5.56 Å². The molecule has 0 aliphatic rings. The van der Waals surface area contributed by atoms with Gasteiger partial charge in [0.25, 0.3) is 0 Å². The molecule has 0 bridgehead atoms. The normalized spacial score (nSPS) is 11.3. The molecule has 0 fully saturated rings. The number of halogens is 1. The van der Waals surface area contributed by atoms with Gasteiger partial charge in [-0.3, -0.25) is 4.79 Å². The third kappa shape index (κ3) is 4.23. The van der Waals surface area contributed by atoms with Crippen LogP contribution in [0.25, 0.3) is 6.08 Å². The molecule has 0 aliphatic heterocycles. The minimum absolute atomic E-state index is 0.155. The highest BCUT2D eigenvalue weighted by Gasteiger charge is 2.07. The van der Waals surface area contributed by atoms with Gasteiger partial charge in [0.15, 0.2) is 0 Å². The Bertz CT molecular complexity index is 714. The standard InChI is InChI=1S/C17H17ClO3/c1-11(2)4-6-14-9-15(19)17(10-20-14)21-16-7-5-13(18)8-12(16)3/h4-11H,1-3H3/b6-4+. The molecule has 4 heteroatoms. The van der Waals surface area contributed by atoms with E-state index in [0.29, 0.717) is 22.5 Å². The molecule has 0 unspecified atom stereocenters. The third-order valence-corrected chi connectivity index (χ3v) is 3.06. The van der Waals surface area contributed by atoms with E-state index in [1.807, 2.05) is 13.0 Å². The van der Waals surface area contributed by atoms with E-state index < -0.39 is 0 Å². The Morgan fingerprint density at radius 3 is 2.62 bits per heavy atom. The zero-order valence-corrected chi connectivity index (χ0v) is 13.0. The Morgan fingerprint density at radius 2 is 2.00 bits per heavy atom. The quantitative estimate of drug-likeness (QED) is 0.792. The number of aryl methyl sites for hydroxylation is 1. The molecule has 1 heterocycles. The maximum Gasteiger partial charge on any atom is 0.227 e. The number of hydrogen-bond donors (Lipinski definition) is 0. The molecule has 3 nitrogen and oxygen atoms in total. The number of rotatable bonds is 4. The first-order valence-electron chi connectivity index (χ1n) is 6.71. The predicted octanol–water partition coefficient (Wildman–Crippen LogP) is 5.06. The molecule has 1 aromatic heterocycles. The summed E-state index contributed by atoms with van der Waals surface area (Å²) in [6, 6.07) is 6.63. The van der Waals surface area contributed by atoms with Gasteiger partial charge in [0.1, 0.15) is 17.8 Å². The third-order valence-electron chi connectivity index (χ3n) is 2.82. The van der Waals surface area contributed by atoms with Gasteiger partial charge in [-0.25, -0.2) is 0 Å². The molecule has 0 amide bonds. The van der Waals surface area contributed by atoms with Gasteiger partial charge in [0.2, 0.25) is 11.2 Å². The molecule has 0 N–H and O–H groups in total. The predicted molar refractivity (Wildman–Crippen MR) is 85.1 cm³/mol. The van der Waals surface area contributed by atoms with E-state index in [1.165, 1.54) is 12.3 Å². The first-order chi connectivity index (χ1) is 9.95. The second kappa shape index (κ2) is 6.64. The van der Waals surface area contributed by atoms with Crippen LogP contribution in [0.3, 0.4) is 0 Å². The Hall–Kier alpha value is -2.00. The van der Waals surface area contributed by atoms with Crippen LogP contribution in [0.2, 0.25) is 5.02 Å². The van der Waals surface area contributed by atoms with E-state index in [1.54, 1.807) is 24.3 Å². The lowest BCUT2D eigenvalue weighted by Gasteiger charge is -2.07. The van der Waals surface area contributed by atoms with Crippen molar-refractivity contribution in [3.63, 3.8) is 0 Å². The Kier molecular flexibility index (Phi) is 4.86. The molecule has 0 radical (unpaired) electrons. The molecule has 1 aromatic carbocycles. The van der Waals surface area contributed by atoms with Crippen LogP contribution in [0, 0.1) is 12.8 Å². The lowest BCUT2D eigenvalue weighted by atomic mass is 10.2. The topological polar surface area (TPSA) is 39.4 Å². The van der Waals surface area contributed by atoms with Crippen molar-refractivity contribution in [3.8, 4) is 11.5 Å². The fraction of sp³-hybridized carbons (Fsp3) is 0.235. The van der Waals surface area contributed by atoms with Gasteiger partial charge in [-0.05, 0) is 42.7 Å². The van der Waals surface area contributed by atoms with E-state index in [9.17, 15) is 4.79 Å². The molecule has 0 atom stereocenters. The Labute approximate surface area is 128 Å². The van der Waals surface area contributed by atoms with Gasteiger partial charge in [-0.2, -0.15) is 0 Å². The highest BCUT2D eigenvalue weighted by Crippen LogP contribution is 2.25. The van der Waals surface area contributed by atoms with Gasteiger partial charge in [0, 0.05) is 11.1 Å². The molecule has 0 saturated carbocycles. The second-order valence-corrected chi connectivity index (χ2v) is 5.56. The van der Waals surface area contributed by atoms with Gasteiger partial charge in [0.05, 0.1) is 0 Å². The minimum Gasteiger partial charge on any atom is -0.461 e. The highest BCUT2D eigenvalue weighted by molar-refractivity contribution is 6.30. The summed E-state index contributed by atoms with van der Waals surface area (Å²) >= 11 is 5.89. The van der Waals surface area contributed by atoms with Crippen LogP contribution >= 0.6 is 11.6 Å². The van der Waals surface area contributed by atoms with Gasteiger partial charge in [-0.15, -0.1) is 0 Å². The van der Waals surface area contributed by atoms with Crippen LogP contribution in [0.4, 0.5) is 0 Å². The maximum absolute atomic E-state index is 12.0. The van der Waals surface area contributed by atoms with Crippen molar-refractivity contribution < 1.29 is 9.15 Å². The zero-order valence-electron chi connectivity index (χ0n) is 12.2. The highest BCUT2D eigenvalue weighted by atomic mass is 35.5. The Balaban J connectivity index is 2.23. The summed E-state index contributed by atoms with van der Waals surface area (Å²) in [6.07, 6.45) is 5.07. The molecule has 110 valence electrons. The summed E-state index contributed by atoms with van der Waals surface area (Å²) in [4.78, 5) is 12.0. The number of ether oxygens (including phenoxy) is 1. The van der Waals surface area contributed by atoms with Crippen LogP contribution < -0.4 is 10.2 Å². The van der Waals surface area contributed by atoms with E-state index in [4.69, 9.17) is 20.8 Å². The molecule has 0 spiro atoms.